The smallest absolute Gasteiger partial charge is 0.260 e. The van der Waals surface area contributed by atoms with E-state index >= 15 is 0 Å². The standard InChI is InChI=1S/C46H56N6O8/c1-57-40-19-36-38(47-24-33-18-31(26-51(33)44(36)55)30-6-8-32(9-7-30)50-14-12-49(13-15-50)27-35(54)28-53)21-42(40)59-16-4-3-5-17-60-43-22-39-37(20-41(43)58-2)45(56)52-29-46(10-11-46)23-34(52)25-48-39/h6-9,19-22,25-26,33-35,47,53-54H,3-5,10-18,23-24,27-29H2,1-2H3/t33-,34-,35-/m0/s1. The molecular formula is C46H56N6O8. The molecule has 3 fully saturated rings. The number of aliphatic hydroxyl groups is 2. The minimum atomic E-state index is -0.702. The maximum atomic E-state index is 14.0. The van der Waals surface area contributed by atoms with Gasteiger partial charge in [0.25, 0.3) is 11.8 Å². The second-order valence-corrected chi connectivity index (χ2v) is 17.1. The number of β-amino-alcohol motifs (C(OH)–C–C–N with tert-alkyl or cyclic N) is 1. The van der Waals surface area contributed by atoms with Crippen LogP contribution >= 0.6 is 0 Å². The Morgan fingerprint density at radius 2 is 1.57 bits per heavy atom. The summed E-state index contributed by atoms with van der Waals surface area (Å²) in [6, 6.07) is 15.8. The summed E-state index contributed by atoms with van der Waals surface area (Å²) in [5.41, 5.74) is 6.15. The highest BCUT2D eigenvalue weighted by Crippen LogP contribution is 2.55. The summed E-state index contributed by atoms with van der Waals surface area (Å²) in [5, 5.41) is 22.5. The van der Waals surface area contributed by atoms with Crippen LogP contribution in [0.4, 0.5) is 17.1 Å². The number of nitrogens with zero attached hydrogens (tertiary/aromatic N) is 5. The summed E-state index contributed by atoms with van der Waals surface area (Å²) < 4.78 is 23.7. The van der Waals surface area contributed by atoms with Gasteiger partial charge < -0.3 is 49.2 Å². The lowest BCUT2D eigenvalue weighted by Gasteiger charge is -2.36. The molecular weight excluding hydrogens is 765 g/mol. The number of carbonyl (C=O) groups excluding carboxylic acids is 2. The molecule has 9 rings (SSSR count). The monoisotopic (exact) mass is 820 g/mol. The molecule has 0 unspecified atom stereocenters. The highest BCUT2D eigenvalue weighted by Gasteiger charge is 2.53. The fourth-order valence-corrected chi connectivity index (χ4v) is 9.38. The van der Waals surface area contributed by atoms with Gasteiger partial charge in [-0.1, -0.05) is 12.1 Å². The summed E-state index contributed by atoms with van der Waals surface area (Å²) in [7, 11) is 3.18. The molecule has 3 atom stereocenters. The van der Waals surface area contributed by atoms with Gasteiger partial charge in [0.1, 0.15) is 0 Å². The Bertz CT molecular complexity index is 2150. The van der Waals surface area contributed by atoms with Crippen molar-refractivity contribution in [3.63, 3.8) is 0 Å². The van der Waals surface area contributed by atoms with Crippen LogP contribution in [0.3, 0.4) is 0 Å². The fourth-order valence-electron chi connectivity index (χ4n) is 9.38. The molecule has 0 bridgehead atoms. The molecule has 3 aromatic carbocycles. The van der Waals surface area contributed by atoms with E-state index in [0.29, 0.717) is 71.5 Å². The van der Waals surface area contributed by atoms with Gasteiger partial charge in [0, 0.05) is 76.0 Å². The Labute approximate surface area is 351 Å². The van der Waals surface area contributed by atoms with Crippen molar-refractivity contribution in [2.24, 2.45) is 10.4 Å². The number of benzene rings is 3. The number of aliphatic hydroxyl groups excluding tert-OH is 2. The summed E-state index contributed by atoms with van der Waals surface area (Å²) >= 11 is 0. The molecule has 3 N–H and O–H groups in total. The molecule has 2 saturated heterocycles. The van der Waals surface area contributed by atoms with E-state index in [1.165, 1.54) is 12.8 Å². The molecule has 1 aliphatic carbocycles. The van der Waals surface area contributed by atoms with Crippen molar-refractivity contribution in [3.8, 4) is 23.0 Å². The van der Waals surface area contributed by atoms with Crippen LogP contribution in [0.25, 0.3) is 5.57 Å². The first-order valence-electron chi connectivity index (χ1n) is 21.4. The van der Waals surface area contributed by atoms with E-state index in [2.05, 4.69) is 39.4 Å². The number of rotatable bonds is 15. The van der Waals surface area contributed by atoms with Gasteiger partial charge in [0.05, 0.1) is 74.7 Å². The first-order chi connectivity index (χ1) is 29.2. The lowest BCUT2D eigenvalue weighted by Crippen LogP contribution is -2.49. The van der Waals surface area contributed by atoms with Gasteiger partial charge in [-0.05, 0) is 85.8 Å². The minimum Gasteiger partial charge on any atom is -0.493 e. The molecule has 1 spiro atoms. The van der Waals surface area contributed by atoms with Crippen molar-refractivity contribution >= 4 is 40.7 Å². The third-order valence-corrected chi connectivity index (χ3v) is 13.1. The third-order valence-electron chi connectivity index (χ3n) is 13.1. The molecule has 0 aromatic heterocycles. The second kappa shape index (κ2) is 17.0. The molecule has 0 radical (unpaired) electrons. The molecule has 5 aliphatic heterocycles. The first kappa shape index (κ1) is 40.1. The van der Waals surface area contributed by atoms with Gasteiger partial charge in [-0.2, -0.15) is 0 Å². The van der Waals surface area contributed by atoms with Crippen molar-refractivity contribution in [2.45, 2.75) is 63.1 Å². The summed E-state index contributed by atoms with van der Waals surface area (Å²) in [6.07, 6.45) is 9.82. The van der Waals surface area contributed by atoms with Gasteiger partial charge in [-0.3, -0.25) is 19.5 Å². The van der Waals surface area contributed by atoms with Gasteiger partial charge in [0.2, 0.25) is 0 Å². The van der Waals surface area contributed by atoms with Crippen molar-refractivity contribution in [1.82, 2.24) is 14.7 Å². The zero-order chi connectivity index (χ0) is 41.4. The summed E-state index contributed by atoms with van der Waals surface area (Å²) in [5.74, 6) is 2.16. The van der Waals surface area contributed by atoms with Crippen LogP contribution in [-0.4, -0.2) is 141 Å². The Kier molecular flexibility index (Phi) is 11.4. The number of nitrogens with one attached hydrogen (secondary N) is 1. The highest BCUT2D eigenvalue weighted by atomic mass is 16.5. The largest absolute Gasteiger partial charge is 0.493 e. The number of fused-ring (bicyclic) bond motifs is 4. The van der Waals surface area contributed by atoms with Crippen molar-refractivity contribution in [3.05, 3.63) is 71.4 Å². The van der Waals surface area contributed by atoms with E-state index in [9.17, 15) is 19.8 Å². The number of carbonyl (C=O) groups is 2. The van der Waals surface area contributed by atoms with E-state index in [-0.39, 0.29) is 30.5 Å². The third kappa shape index (κ3) is 8.12. The van der Waals surface area contributed by atoms with Crippen LogP contribution in [0.1, 0.15) is 71.2 Å². The summed E-state index contributed by atoms with van der Waals surface area (Å²) in [4.78, 5) is 40.5. The predicted molar refractivity (Wildman–Crippen MR) is 229 cm³/mol. The van der Waals surface area contributed by atoms with Crippen molar-refractivity contribution in [2.75, 3.05) is 90.1 Å². The van der Waals surface area contributed by atoms with Crippen LogP contribution in [0.5, 0.6) is 23.0 Å². The van der Waals surface area contributed by atoms with Crippen LogP contribution in [0.2, 0.25) is 0 Å². The van der Waals surface area contributed by atoms with Crippen LogP contribution < -0.4 is 29.2 Å². The molecule has 60 heavy (non-hydrogen) atoms. The number of unbranched alkanes of at least 4 members (excludes halogenated alkanes) is 2. The zero-order valence-corrected chi connectivity index (χ0v) is 34.6. The van der Waals surface area contributed by atoms with E-state index in [0.717, 1.165) is 87.3 Å². The van der Waals surface area contributed by atoms with Crippen molar-refractivity contribution < 1.29 is 38.7 Å². The minimum absolute atomic E-state index is 0.0153. The van der Waals surface area contributed by atoms with Crippen LogP contribution in [0, 0.1) is 5.41 Å². The number of ether oxygens (including phenoxy) is 4. The Morgan fingerprint density at radius 3 is 2.25 bits per heavy atom. The maximum absolute atomic E-state index is 14.0. The Morgan fingerprint density at radius 1 is 0.867 bits per heavy atom. The van der Waals surface area contributed by atoms with E-state index < -0.39 is 6.10 Å². The predicted octanol–water partition coefficient (Wildman–Crippen LogP) is 5.20. The van der Waals surface area contributed by atoms with Gasteiger partial charge in [-0.15, -0.1) is 0 Å². The van der Waals surface area contributed by atoms with Crippen LogP contribution in [-0.2, 0) is 0 Å². The molecule has 318 valence electrons. The number of methoxy groups -OCH3 is 2. The van der Waals surface area contributed by atoms with E-state index in [1.54, 1.807) is 26.4 Å². The molecule has 14 heteroatoms. The molecule has 14 nitrogen and oxygen atoms in total. The van der Waals surface area contributed by atoms with Gasteiger partial charge in [-0.25, -0.2) is 0 Å². The van der Waals surface area contributed by atoms with E-state index in [1.807, 2.05) is 34.3 Å². The Hall–Kier alpha value is -5.31. The lowest BCUT2D eigenvalue weighted by molar-refractivity contribution is 0.0575. The lowest BCUT2D eigenvalue weighted by atomic mass is 10.0. The SMILES string of the molecule is COc1cc2c(cc1OCCCCCOc1cc3c(cc1OC)C(=O)N1C=C(c4ccc(N5CCN(C[C@H](O)CO)CC5)cc4)C[C@H]1CN3)N=C[C@@H]1CC3(CC3)CN1C2=O. The van der Waals surface area contributed by atoms with E-state index in [4.69, 9.17) is 23.9 Å². The topological polar surface area (TPSA) is 149 Å². The highest BCUT2D eigenvalue weighted by molar-refractivity contribution is 6.04. The number of aliphatic imine (C=N–C) groups is 1. The van der Waals surface area contributed by atoms with Gasteiger partial charge in [0.15, 0.2) is 23.0 Å². The number of piperazine rings is 1. The first-order valence-corrected chi connectivity index (χ1v) is 21.4. The zero-order valence-electron chi connectivity index (χ0n) is 34.6. The number of hydrogen-bond donors (Lipinski definition) is 3. The number of hydrogen-bond acceptors (Lipinski definition) is 12. The molecule has 2 amide bonds. The van der Waals surface area contributed by atoms with Crippen LogP contribution in [0.15, 0.2) is 59.7 Å². The molecule has 5 heterocycles. The Balaban J connectivity index is 0.760. The molecule has 6 aliphatic rings. The fraction of sp³-hybridized carbons (Fsp3) is 0.500. The quantitative estimate of drug-likeness (QED) is 0.174. The second-order valence-electron chi connectivity index (χ2n) is 17.1. The maximum Gasteiger partial charge on any atom is 0.260 e. The molecule has 1 saturated carbocycles. The normalized spacial score (nSPS) is 21.9. The number of anilines is 2. The van der Waals surface area contributed by atoms with Crippen molar-refractivity contribution in [1.29, 1.82) is 0 Å². The van der Waals surface area contributed by atoms with Gasteiger partial charge >= 0.3 is 0 Å². The molecule has 3 aromatic rings. The average molecular weight is 821 g/mol. The summed E-state index contributed by atoms with van der Waals surface area (Å²) in [6.45, 7) is 6.03. The average Bonchev–Trinajstić information content (AvgIpc) is 3.81. The number of amides is 2.